The van der Waals surface area contributed by atoms with Crippen molar-refractivity contribution >= 4 is 0 Å². The van der Waals surface area contributed by atoms with Gasteiger partial charge in [-0.2, -0.15) is 0 Å². The van der Waals surface area contributed by atoms with Crippen LogP contribution in [-0.2, 0) is 0 Å². The standard InChI is InChI=1S/C8H14N2/c1-2-9-5-10-4-6-3-7(6)8(1)10/h6-9H,1-5H2. The minimum Gasteiger partial charge on any atom is -0.304 e. The molecule has 3 atom stereocenters. The van der Waals surface area contributed by atoms with Gasteiger partial charge in [0.05, 0.1) is 0 Å². The van der Waals surface area contributed by atoms with E-state index in [2.05, 4.69) is 10.2 Å². The monoisotopic (exact) mass is 138 g/mol. The van der Waals surface area contributed by atoms with Crippen LogP contribution in [0.2, 0.25) is 0 Å². The van der Waals surface area contributed by atoms with E-state index in [-0.39, 0.29) is 0 Å². The molecule has 3 unspecified atom stereocenters. The van der Waals surface area contributed by atoms with Gasteiger partial charge in [-0.3, -0.25) is 4.90 Å². The molecule has 0 aromatic carbocycles. The summed E-state index contributed by atoms with van der Waals surface area (Å²) in [5, 5.41) is 3.42. The third-order valence-electron chi connectivity index (χ3n) is 3.34. The van der Waals surface area contributed by atoms with Crippen LogP contribution in [0, 0.1) is 11.8 Å². The van der Waals surface area contributed by atoms with Crippen LogP contribution in [0.3, 0.4) is 0 Å². The highest BCUT2D eigenvalue weighted by Gasteiger charge is 2.52. The molecule has 10 heavy (non-hydrogen) atoms. The van der Waals surface area contributed by atoms with Crippen LogP contribution in [0.1, 0.15) is 12.8 Å². The SMILES string of the molecule is C1CC2C3CC3CN2CN1. The molecular weight excluding hydrogens is 124 g/mol. The van der Waals surface area contributed by atoms with Crippen molar-refractivity contribution in [3.05, 3.63) is 0 Å². The Balaban J connectivity index is 1.80. The number of rotatable bonds is 0. The van der Waals surface area contributed by atoms with E-state index < -0.39 is 0 Å². The molecule has 2 aliphatic heterocycles. The van der Waals surface area contributed by atoms with Gasteiger partial charge < -0.3 is 5.32 Å². The van der Waals surface area contributed by atoms with E-state index in [1.807, 2.05) is 0 Å². The van der Waals surface area contributed by atoms with Crippen molar-refractivity contribution in [2.75, 3.05) is 19.8 Å². The molecule has 0 aromatic rings. The molecule has 0 amide bonds. The van der Waals surface area contributed by atoms with Crippen molar-refractivity contribution < 1.29 is 0 Å². The van der Waals surface area contributed by atoms with E-state index in [1.165, 1.54) is 19.5 Å². The Hall–Kier alpha value is -0.0800. The first-order valence-electron chi connectivity index (χ1n) is 4.40. The molecule has 56 valence electrons. The van der Waals surface area contributed by atoms with Crippen LogP contribution < -0.4 is 5.32 Å². The van der Waals surface area contributed by atoms with Gasteiger partial charge in [0, 0.05) is 19.3 Å². The van der Waals surface area contributed by atoms with Crippen LogP contribution in [0.25, 0.3) is 0 Å². The predicted octanol–water partition coefficient (Wildman–Crippen LogP) is 0.258. The molecule has 2 heteroatoms. The van der Waals surface area contributed by atoms with E-state index in [4.69, 9.17) is 0 Å². The maximum atomic E-state index is 3.42. The second kappa shape index (κ2) is 1.74. The molecule has 1 N–H and O–H groups in total. The summed E-state index contributed by atoms with van der Waals surface area (Å²) in [5.41, 5.74) is 0. The first-order chi connectivity index (χ1) is 4.95. The quantitative estimate of drug-likeness (QED) is 0.516. The summed E-state index contributed by atoms with van der Waals surface area (Å²) in [7, 11) is 0. The Morgan fingerprint density at radius 2 is 2.40 bits per heavy atom. The lowest BCUT2D eigenvalue weighted by Crippen LogP contribution is -2.46. The molecular formula is C8H14N2. The molecule has 3 rings (SSSR count). The van der Waals surface area contributed by atoms with Crippen molar-refractivity contribution in [1.29, 1.82) is 0 Å². The Morgan fingerprint density at radius 3 is 3.30 bits per heavy atom. The molecule has 1 aliphatic carbocycles. The summed E-state index contributed by atoms with van der Waals surface area (Å²) in [5.74, 6) is 2.21. The molecule has 3 aliphatic rings. The summed E-state index contributed by atoms with van der Waals surface area (Å²) in [6.45, 7) is 3.81. The molecule has 0 spiro atoms. The lowest BCUT2D eigenvalue weighted by molar-refractivity contribution is 0.159. The molecule has 0 aromatic heterocycles. The van der Waals surface area contributed by atoms with Gasteiger partial charge in [-0.25, -0.2) is 0 Å². The predicted molar refractivity (Wildman–Crippen MR) is 39.6 cm³/mol. The number of hydrogen-bond donors (Lipinski definition) is 1. The Morgan fingerprint density at radius 1 is 1.40 bits per heavy atom. The van der Waals surface area contributed by atoms with E-state index >= 15 is 0 Å². The number of piperidine rings is 1. The normalized spacial score (nSPS) is 52.2. The fourth-order valence-corrected chi connectivity index (χ4v) is 2.71. The maximum Gasteiger partial charge on any atom is 0.0483 e. The van der Waals surface area contributed by atoms with Crippen molar-refractivity contribution in [3.63, 3.8) is 0 Å². The smallest absolute Gasteiger partial charge is 0.0483 e. The first kappa shape index (κ1) is 5.56. The molecule has 2 heterocycles. The van der Waals surface area contributed by atoms with Crippen molar-refractivity contribution in [2.45, 2.75) is 18.9 Å². The topological polar surface area (TPSA) is 15.3 Å². The fourth-order valence-electron chi connectivity index (χ4n) is 2.71. The molecule has 0 radical (unpaired) electrons. The summed E-state index contributed by atoms with van der Waals surface area (Å²) in [4.78, 5) is 2.63. The van der Waals surface area contributed by atoms with Gasteiger partial charge in [-0.15, -0.1) is 0 Å². The minimum absolute atomic E-state index is 0.978. The fraction of sp³-hybridized carbons (Fsp3) is 1.00. The zero-order valence-corrected chi connectivity index (χ0v) is 6.21. The summed E-state index contributed by atoms with van der Waals surface area (Å²) < 4.78 is 0. The van der Waals surface area contributed by atoms with Crippen molar-refractivity contribution in [2.24, 2.45) is 11.8 Å². The van der Waals surface area contributed by atoms with E-state index in [0.717, 1.165) is 24.5 Å². The zero-order chi connectivity index (χ0) is 6.55. The van der Waals surface area contributed by atoms with Gasteiger partial charge in [0.25, 0.3) is 0 Å². The minimum atomic E-state index is 0.978. The van der Waals surface area contributed by atoms with Crippen LogP contribution in [-0.4, -0.2) is 30.7 Å². The van der Waals surface area contributed by atoms with Gasteiger partial charge in [0.1, 0.15) is 0 Å². The van der Waals surface area contributed by atoms with E-state index in [0.29, 0.717) is 0 Å². The highest BCUT2D eigenvalue weighted by Crippen LogP contribution is 2.50. The van der Waals surface area contributed by atoms with Gasteiger partial charge in [0.2, 0.25) is 0 Å². The molecule has 3 fully saturated rings. The first-order valence-corrected chi connectivity index (χ1v) is 4.40. The molecule has 0 bridgehead atoms. The average molecular weight is 138 g/mol. The van der Waals surface area contributed by atoms with Crippen LogP contribution >= 0.6 is 0 Å². The molecule has 1 saturated carbocycles. The Bertz CT molecular complexity index is 157. The Labute approximate surface area is 61.6 Å². The average Bonchev–Trinajstić information content (AvgIpc) is 2.64. The maximum absolute atomic E-state index is 3.42. The van der Waals surface area contributed by atoms with E-state index in [9.17, 15) is 0 Å². The van der Waals surface area contributed by atoms with Gasteiger partial charge in [-0.05, 0) is 31.2 Å². The van der Waals surface area contributed by atoms with Crippen LogP contribution in [0.15, 0.2) is 0 Å². The number of nitrogens with one attached hydrogen (secondary N) is 1. The number of fused-ring (bicyclic) bond motifs is 3. The van der Waals surface area contributed by atoms with Crippen LogP contribution in [0.4, 0.5) is 0 Å². The third kappa shape index (κ3) is 0.611. The third-order valence-corrected chi connectivity index (χ3v) is 3.34. The molecule has 2 saturated heterocycles. The van der Waals surface area contributed by atoms with Gasteiger partial charge in [-0.1, -0.05) is 0 Å². The summed E-state index contributed by atoms with van der Waals surface area (Å²) >= 11 is 0. The molecule has 2 nitrogen and oxygen atoms in total. The highest BCUT2D eigenvalue weighted by molar-refractivity contribution is 5.04. The van der Waals surface area contributed by atoms with Gasteiger partial charge >= 0.3 is 0 Å². The van der Waals surface area contributed by atoms with Crippen LogP contribution in [0.5, 0.6) is 0 Å². The highest BCUT2D eigenvalue weighted by atomic mass is 15.3. The summed E-state index contributed by atoms with van der Waals surface area (Å²) in [6, 6.07) is 0.978. The lowest BCUT2D eigenvalue weighted by atomic mass is 10.1. The number of hydrogen-bond acceptors (Lipinski definition) is 2. The van der Waals surface area contributed by atoms with Crippen molar-refractivity contribution in [1.82, 2.24) is 10.2 Å². The number of nitrogens with zero attached hydrogens (tertiary/aromatic N) is 1. The van der Waals surface area contributed by atoms with Crippen molar-refractivity contribution in [3.8, 4) is 0 Å². The second-order valence-corrected chi connectivity index (χ2v) is 3.95. The largest absolute Gasteiger partial charge is 0.304 e. The van der Waals surface area contributed by atoms with E-state index in [1.54, 1.807) is 6.42 Å². The summed E-state index contributed by atoms with van der Waals surface area (Å²) in [6.07, 6.45) is 2.95. The van der Waals surface area contributed by atoms with Gasteiger partial charge in [0.15, 0.2) is 0 Å². The zero-order valence-electron chi connectivity index (χ0n) is 6.21. The Kier molecular flexibility index (Phi) is 0.968. The second-order valence-electron chi connectivity index (χ2n) is 3.95. The lowest BCUT2D eigenvalue weighted by Gasteiger charge is -2.32.